The molecule has 5 rings (SSSR count). The van der Waals surface area contributed by atoms with Crippen molar-refractivity contribution in [1.29, 1.82) is 0 Å². The van der Waals surface area contributed by atoms with E-state index in [1.807, 2.05) is 37.4 Å². The molecule has 2 saturated heterocycles. The van der Waals surface area contributed by atoms with E-state index in [1.165, 1.54) is 10.6 Å². The fraction of sp³-hybridized carbons (Fsp3) is 0.348. The van der Waals surface area contributed by atoms with Gasteiger partial charge in [-0.15, -0.1) is 12.4 Å². The first-order chi connectivity index (χ1) is 15.5. The van der Waals surface area contributed by atoms with Crippen LogP contribution in [0.2, 0.25) is 0 Å². The maximum absolute atomic E-state index is 12.7. The van der Waals surface area contributed by atoms with Crippen LogP contribution >= 0.6 is 24.2 Å². The minimum absolute atomic E-state index is 0. The van der Waals surface area contributed by atoms with Crippen LogP contribution in [0.4, 0.5) is 10.5 Å². The van der Waals surface area contributed by atoms with Gasteiger partial charge in [-0.25, -0.2) is 0 Å². The molecule has 0 spiro atoms. The van der Waals surface area contributed by atoms with Gasteiger partial charge in [-0.3, -0.25) is 24.2 Å². The monoisotopic (exact) mass is 488 g/mol. The van der Waals surface area contributed by atoms with E-state index in [4.69, 9.17) is 4.74 Å². The Morgan fingerprint density at radius 2 is 1.88 bits per heavy atom. The minimum atomic E-state index is -0.225. The highest BCUT2D eigenvalue weighted by molar-refractivity contribution is 8.14. The number of carbonyl (C=O) groups excluding carboxylic acids is 3. The quantitative estimate of drug-likeness (QED) is 0.651. The van der Waals surface area contributed by atoms with Crippen LogP contribution < -0.4 is 5.32 Å². The molecule has 174 valence electrons. The van der Waals surface area contributed by atoms with Gasteiger partial charge in [0.2, 0.25) is 5.91 Å². The number of amides is 3. The third kappa shape index (κ3) is 4.72. The van der Waals surface area contributed by atoms with E-state index in [2.05, 4.69) is 20.9 Å². The zero-order valence-corrected chi connectivity index (χ0v) is 19.8. The number of rotatable bonds is 5. The summed E-state index contributed by atoms with van der Waals surface area (Å²) in [6.45, 7) is 4.41. The lowest BCUT2D eigenvalue weighted by Gasteiger charge is -2.26. The van der Waals surface area contributed by atoms with Crippen molar-refractivity contribution in [3.05, 3.63) is 52.8 Å². The summed E-state index contributed by atoms with van der Waals surface area (Å²) >= 11 is 1.02. The first kappa shape index (κ1) is 23.6. The maximum Gasteiger partial charge on any atom is 0.289 e. The Morgan fingerprint density at radius 3 is 2.61 bits per heavy atom. The van der Waals surface area contributed by atoms with Crippen molar-refractivity contribution in [1.82, 2.24) is 14.4 Å². The number of benzene rings is 1. The summed E-state index contributed by atoms with van der Waals surface area (Å²) in [4.78, 5) is 40.2. The first-order valence-electron chi connectivity index (χ1n) is 10.6. The largest absolute Gasteiger partial charge is 0.379 e. The Morgan fingerprint density at radius 1 is 1.09 bits per heavy atom. The number of nitrogens with zero attached hydrogens (tertiary/aromatic N) is 3. The van der Waals surface area contributed by atoms with Gasteiger partial charge < -0.3 is 14.6 Å². The number of hydrogen-bond donors (Lipinski definition) is 1. The number of aromatic nitrogens is 1. The summed E-state index contributed by atoms with van der Waals surface area (Å²) in [5.41, 5.74) is 5.04. The molecule has 1 N–H and O–H groups in total. The van der Waals surface area contributed by atoms with Crippen molar-refractivity contribution in [2.24, 2.45) is 7.05 Å². The molecule has 2 aromatic rings. The van der Waals surface area contributed by atoms with E-state index in [-0.39, 0.29) is 41.8 Å². The van der Waals surface area contributed by atoms with Gasteiger partial charge in [0.1, 0.15) is 0 Å². The van der Waals surface area contributed by atoms with Gasteiger partial charge in [-0.2, -0.15) is 0 Å². The summed E-state index contributed by atoms with van der Waals surface area (Å²) in [6, 6.07) is 9.68. The van der Waals surface area contributed by atoms with Gasteiger partial charge in [0.25, 0.3) is 11.1 Å². The molecule has 1 aromatic carbocycles. The average Bonchev–Trinajstić information content (AvgIpc) is 3.41. The minimum Gasteiger partial charge on any atom is -0.379 e. The number of halogens is 1. The molecule has 3 aliphatic rings. The molecule has 3 aliphatic heterocycles. The lowest BCUT2D eigenvalue weighted by Crippen LogP contribution is -2.36. The highest BCUT2D eigenvalue weighted by Crippen LogP contribution is 2.35. The van der Waals surface area contributed by atoms with Crippen molar-refractivity contribution in [2.45, 2.75) is 13.1 Å². The van der Waals surface area contributed by atoms with Crippen LogP contribution in [-0.2, 0) is 34.5 Å². The molecule has 8 nitrogen and oxygen atoms in total. The molecule has 10 heteroatoms. The molecule has 0 unspecified atom stereocenters. The fourth-order valence-electron chi connectivity index (χ4n) is 4.20. The summed E-state index contributed by atoms with van der Waals surface area (Å²) in [5, 5.41) is 2.68. The molecule has 3 amide bonds. The third-order valence-corrected chi connectivity index (χ3v) is 6.95. The Kier molecular flexibility index (Phi) is 6.94. The van der Waals surface area contributed by atoms with Crippen LogP contribution in [0.25, 0.3) is 11.6 Å². The lowest BCUT2D eigenvalue weighted by molar-refractivity contribution is -0.125. The van der Waals surface area contributed by atoms with Crippen molar-refractivity contribution < 1.29 is 19.1 Å². The number of hydrogen-bond acceptors (Lipinski definition) is 6. The number of thioether (sulfide) groups is 1. The Balaban J connectivity index is 0.00000259. The molecule has 1 aromatic heterocycles. The molecule has 33 heavy (non-hydrogen) atoms. The molecule has 2 fully saturated rings. The van der Waals surface area contributed by atoms with Gasteiger partial charge in [0.05, 0.1) is 31.1 Å². The predicted molar refractivity (Wildman–Crippen MR) is 130 cm³/mol. The SMILES string of the molecule is Cl.Cn1c(C=C2C(=O)Nc3ccc(CN4C(=O)CSC4=O)cc32)ccc1CN1CCOCC1. The van der Waals surface area contributed by atoms with Crippen LogP contribution in [-0.4, -0.2) is 63.5 Å². The standard InChI is InChI=1S/C23H24N4O4S.ClH/c1-25-16(3-4-17(25)13-26-6-8-31-9-7-26)11-19-18-10-15(2-5-20(18)24-22(19)29)12-27-21(28)14-32-23(27)30;/h2-5,10-11H,6-9,12-14H2,1H3,(H,24,29);1H. The Labute approximate surface area is 202 Å². The van der Waals surface area contributed by atoms with E-state index >= 15 is 0 Å². The van der Waals surface area contributed by atoms with Gasteiger partial charge >= 0.3 is 0 Å². The van der Waals surface area contributed by atoms with Gasteiger partial charge in [0, 0.05) is 49.3 Å². The number of nitrogens with one attached hydrogen (secondary N) is 1. The lowest BCUT2D eigenvalue weighted by atomic mass is 10.0. The van der Waals surface area contributed by atoms with Gasteiger partial charge in [-0.1, -0.05) is 17.8 Å². The summed E-state index contributed by atoms with van der Waals surface area (Å²) in [7, 11) is 2.01. The second kappa shape index (κ2) is 9.72. The van der Waals surface area contributed by atoms with Crippen LogP contribution in [0.3, 0.4) is 0 Å². The number of imide groups is 1. The summed E-state index contributed by atoms with van der Waals surface area (Å²) in [5.74, 6) is -0.145. The molecule has 0 radical (unpaired) electrons. The van der Waals surface area contributed by atoms with Gasteiger partial charge in [0.15, 0.2) is 0 Å². The second-order valence-corrected chi connectivity index (χ2v) is 9.05. The molecular weight excluding hydrogens is 464 g/mol. The van der Waals surface area contributed by atoms with Crippen molar-refractivity contribution >= 4 is 58.6 Å². The summed E-state index contributed by atoms with van der Waals surface area (Å²) < 4.78 is 7.53. The number of ether oxygens (including phenoxy) is 1. The highest BCUT2D eigenvalue weighted by atomic mass is 35.5. The number of morpholine rings is 1. The van der Waals surface area contributed by atoms with E-state index in [0.717, 1.165) is 67.1 Å². The van der Waals surface area contributed by atoms with E-state index in [1.54, 1.807) is 0 Å². The molecule has 0 atom stereocenters. The zero-order chi connectivity index (χ0) is 22.2. The second-order valence-electron chi connectivity index (χ2n) is 8.12. The maximum atomic E-state index is 12.7. The molecule has 4 heterocycles. The highest BCUT2D eigenvalue weighted by Gasteiger charge is 2.31. The summed E-state index contributed by atoms with van der Waals surface area (Å²) in [6.07, 6.45) is 1.90. The van der Waals surface area contributed by atoms with Crippen LogP contribution in [0.5, 0.6) is 0 Å². The van der Waals surface area contributed by atoms with Crippen molar-refractivity contribution in [3.8, 4) is 0 Å². The van der Waals surface area contributed by atoms with Crippen LogP contribution in [0.1, 0.15) is 22.5 Å². The van der Waals surface area contributed by atoms with Crippen molar-refractivity contribution in [2.75, 3.05) is 37.4 Å². The van der Waals surface area contributed by atoms with E-state index < -0.39 is 0 Å². The van der Waals surface area contributed by atoms with E-state index in [9.17, 15) is 14.4 Å². The number of carbonyl (C=O) groups is 3. The number of fused-ring (bicyclic) bond motifs is 1. The van der Waals surface area contributed by atoms with Gasteiger partial charge in [-0.05, 0) is 35.9 Å². The fourth-order valence-corrected chi connectivity index (χ4v) is 4.93. The Bertz CT molecular complexity index is 1120. The Hall–Kier alpha value is -2.59. The molecule has 0 bridgehead atoms. The van der Waals surface area contributed by atoms with Crippen LogP contribution in [0.15, 0.2) is 30.3 Å². The topological polar surface area (TPSA) is 83.9 Å². The normalized spacial score (nSPS) is 19.7. The third-order valence-electron chi connectivity index (χ3n) is 6.09. The van der Waals surface area contributed by atoms with Crippen molar-refractivity contribution in [3.63, 3.8) is 0 Å². The van der Waals surface area contributed by atoms with Crippen LogP contribution in [0, 0.1) is 0 Å². The van der Waals surface area contributed by atoms with E-state index in [0.29, 0.717) is 5.57 Å². The molecular formula is C23H25ClN4O4S. The average molecular weight is 489 g/mol. The molecule has 0 saturated carbocycles. The first-order valence-corrected chi connectivity index (χ1v) is 11.6. The zero-order valence-electron chi connectivity index (χ0n) is 18.2. The predicted octanol–water partition coefficient (Wildman–Crippen LogP) is 2.97. The smallest absolute Gasteiger partial charge is 0.289 e. The number of anilines is 1. The molecule has 0 aliphatic carbocycles.